The molecule has 22 heavy (non-hydrogen) atoms. The maximum absolute atomic E-state index is 11.6. The smallest absolute Gasteiger partial charge is 0.239 e. The van der Waals surface area contributed by atoms with Gasteiger partial charge in [-0.15, -0.1) is 0 Å². The number of nitrogens with one attached hydrogen (secondary N) is 1. The van der Waals surface area contributed by atoms with Crippen LogP contribution in [0.4, 0.5) is 11.8 Å². The van der Waals surface area contributed by atoms with Gasteiger partial charge in [-0.05, 0) is 13.3 Å². The van der Waals surface area contributed by atoms with Gasteiger partial charge in [-0.3, -0.25) is 9.59 Å². The topological polar surface area (TPSA) is 104 Å². The minimum atomic E-state index is -0.528. The number of hydrogen-bond acceptors (Lipinski definition) is 6. The standard InChI is InChI=1S/C14H22N6O2/c1-8(12(15)22)16-13-10-5-6-20(9(2)21)7-11(10)17-14(18-13)19(3)4/h8H,5-7H2,1-4H3,(H2,15,22)(H,16,17,18)/t8-/m0/s1. The fourth-order valence-electron chi connectivity index (χ4n) is 2.28. The number of carbonyl (C=O) groups excluding carboxylic acids is 2. The number of hydrogen-bond donors (Lipinski definition) is 2. The molecular weight excluding hydrogens is 284 g/mol. The molecule has 2 amide bonds. The predicted octanol–water partition coefficient (Wildman–Crippen LogP) is -0.267. The second-order valence-electron chi connectivity index (χ2n) is 5.65. The maximum Gasteiger partial charge on any atom is 0.239 e. The molecule has 0 fully saturated rings. The summed E-state index contributed by atoms with van der Waals surface area (Å²) in [4.78, 5) is 35.4. The van der Waals surface area contributed by atoms with Gasteiger partial charge in [0.15, 0.2) is 0 Å². The number of fused-ring (bicyclic) bond motifs is 1. The van der Waals surface area contributed by atoms with Crippen molar-refractivity contribution in [2.45, 2.75) is 32.9 Å². The Morgan fingerprint density at radius 2 is 2.05 bits per heavy atom. The Labute approximate surface area is 129 Å². The van der Waals surface area contributed by atoms with Gasteiger partial charge < -0.3 is 20.9 Å². The van der Waals surface area contributed by atoms with E-state index in [1.807, 2.05) is 14.1 Å². The largest absolute Gasteiger partial charge is 0.368 e. The quantitative estimate of drug-likeness (QED) is 0.793. The molecule has 1 aromatic rings. The second-order valence-corrected chi connectivity index (χ2v) is 5.65. The van der Waals surface area contributed by atoms with E-state index in [9.17, 15) is 9.59 Å². The van der Waals surface area contributed by atoms with Crippen molar-refractivity contribution in [1.82, 2.24) is 14.9 Å². The minimum absolute atomic E-state index is 0.0238. The molecule has 0 saturated heterocycles. The maximum atomic E-state index is 11.6. The third-order valence-corrected chi connectivity index (χ3v) is 3.68. The van der Waals surface area contributed by atoms with Crippen molar-refractivity contribution in [3.8, 4) is 0 Å². The Balaban J connectivity index is 2.41. The molecule has 1 aromatic heterocycles. The number of primary amides is 1. The number of nitrogens with zero attached hydrogens (tertiary/aromatic N) is 4. The second kappa shape index (κ2) is 6.17. The molecule has 0 saturated carbocycles. The van der Waals surface area contributed by atoms with Gasteiger partial charge in [-0.1, -0.05) is 0 Å². The third kappa shape index (κ3) is 3.26. The van der Waals surface area contributed by atoms with Gasteiger partial charge in [0, 0.05) is 33.1 Å². The Morgan fingerprint density at radius 1 is 1.36 bits per heavy atom. The van der Waals surface area contributed by atoms with Crippen molar-refractivity contribution in [3.05, 3.63) is 11.3 Å². The third-order valence-electron chi connectivity index (χ3n) is 3.68. The number of carbonyl (C=O) groups is 2. The molecule has 120 valence electrons. The lowest BCUT2D eigenvalue weighted by Crippen LogP contribution is -2.37. The van der Waals surface area contributed by atoms with Crippen LogP contribution >= 0.6 is 0 Å². The van der Waals surface area contributed by atoms with Gasteiger partial charge in [-0.2, -0.15) is 4.98 Å². The van der Waals surface area contributed by atoms with Crippen LogP contribution in [0.3, 0.4) is 0 Å². The van der Waals surface area contributed by atoms with Crippen molar-refractivity contribution < 1.29 is 9.59 Å². The lowest BCUT2D eigenvalue weighted by molar-refractivity contribution is -0.129. The number of anilines is 2. The van der Waals surface area contributed by atoms with Crippen LogP contribution in [0.2, 0.25) is 0 Å². The molecule has 0 spiro atoms. The first-order valence-electron chi connectivity index (χ1n) is 7.18. The van der Waals surface area contributed by atoms with E-state index in [2.05, 4.69) is 15.3 Å². The molecular formula is C14H22N6O2. The molecule has 0 aromatic carbocycles. The Morgan fingerprint density at radius 3 is 2.59 bits per heavy atom. The first-order chi connectivity index (χ1) is 10.3. The van der Waals surface area contributed by atoms with Gasteiger partial charge in [0.25, 0.3) is 0 Å². The van der Waals surface area contributed by atoms with Gasteiger partial charge in [0.05, 0.1) is 12.2 Å². The highest BCUT2D eigenvalue weighted by atomic mass is 16.2. The van der Waals surface area contributed by atoms with Crippen LogP contribution in [-0.4, -0.2) is 53.4 Å². The van der Waals surface area contributed by atoms with E-state index in [0.29, 0.717) is 31.3 Å². The number of rotatable bonds is 4. The zero-order chi connectivity index (χ0) is 16.4. The molecule has 0 radical (unpaired) electrons. The SMILES string of the molecule is CC(=O)N1CCc2c(nc(N(C)C)nc2N[C@@H](C)C(N)=O)C1. The van der Waals surface area contributed by atoms with Crippen molar-refractivity contribution in [1.29, 1.82) is 0 Å². The molecule has 3 N–H and O–H groups in total. The Kier molecular flexibility index (Phi) is 4.48. The summed E-state index contributed by atoms with van der Waals surface area (Å²) in [6.45, 7) is 4.31. The van der Waals surface area contributed by atoms with E-state index in [1.165, 1.54) is 0 Å². The predicted molar refractivity (Wildman–Crippen MR) is 83.4 cm³/mol. The van der Waals surface area contributed by atoms with Crippen molar-refractivity contribution >= 4 is 23.6 Å². The average molecular weight is 306 g/mol. The molecule has 8 nitrogen and oxygen atoms in total. The monoisotopic (exact) mass is 306 g/mol. The Bertz CT molecular complexity index is 601. The summed E-state index contributed by atoms with van der Waals surface area (Å²) in [6.07, 6.45) is 0.649. The highest BCUT2D eigenvalue weighted by molar-refractivity contribution is 5.82. The average Bonchev–Trinajstić information content (AvgIpc) is 2.45. The molecule has 8 heteroatoms. The summed E-state index contributed by atoms with van der Waals surface area (Å²) in [6, 6.07) is -0.528. The van der Waals surface area contributed by atoms with Crippen LogP contribution in [0.25, 0.3) is 0 Å². The molecule has 0 aliphatic carbocycles. The molecule has 1 atom stereocenters. The van der Waals surface area contributed by atoms with E-state index in [4.69, 9.17) is 5.73 Å². The van der Waals surface area contributed by atoms with Crippen LogP contribution in [0.5, 0.6) is 0 Å². The minimum Gasteiger partial charge on any atom is -0.368 e. The van der Waals surface area contributed by atoms with Crippen molar-refractivity contribution in [3.63, 3.8) is 0 Å². The molecule has 2 heterocycles. The van der Waals surface area contributed by atoms with Gasteiger partial charge in [0.1, 0.15) is 11.9 Å². The fraction of sp³-hybridized carbons (Fsp3) is 0.571. The zero-order valence-electron chi connectivity index (χ0n) is 13.4. The van der Waals surface area contributed by atoms with E-state index < -0.39 is 11.9 Å². The van der Waals surface area contributed by atoms with E-state index in [0.717, 1.165) is 11.3 Å². The fourth-order valence-corrected chi connectivity index (χ4v) is 2.28. The summed E-state index contributed by atoms with van der Waals surface area (Å²) in [7, 11) is 3.68. The first-order valence-corrected chi connectivity index (χ1v) is 7.18. The first kappa shape index (κ1) is 16.0. The van der Waals surface area contributed by atoms with Gasteiger partial charge >= 0.3 is 0 Å². The van der Waals surface area contributed by atoms with Crippen LogP contribution in [0.1, 0.15) is 25.1 Å². The highest BCUT2D eigenvalue weighted by Gasteiger charge is 2.25. The van der Waals surface area contributed by atoms with Crippen molar-refractivity contribution in [2.75, 3.05) is 30.9 Å². The summed E-state index contributed by atoms with van der Waals surface area (Å²) >= 11 is 0. The number of aromatic nitrogens is 2. The van der Waals surface area contributed by atoms with E-state index >= 15 is 0 Å². The normalized spacial score (nSPS) is 15.0. The van der Waals surface area contributed by atoms with Crippen LogP contribution in [-0.2, 0) is 22.6 Å². The zero-order valence-corrected chi connectivity index (χ0v) is 13.4. The van der Waals surface area contributed by atoms with Gasteiger partial charge in [0.2, 0.25) is 17.8 Å². The number of nitrogens with two attached hydrogens (primary N) is 1. The summed E-state index contributed by atoms with van der Waals surface area (Å²) in [5, 5.41) is 3.05. The Hall–Kier alpha value is -2.38. The summed E-state index contributed by atoms with van der Waals surface area (Å²) in [5.41, 5.74) is 7.06. The number of amides is 2. The van der Waals surface area contributed by atoms with Crippen LogP contribution in [0, 0.1) is 0 Å². The molecule has 0 bridgehead atoms. The molecule has 1 aliphatic rings. The lowest BCUT2D eigenvalue weighted by atomic mass is 10.0. The van der Waals surface area contributed by atoms with Crippen molar-refractivity contribution in [2.24, 2.45) is 5.73 Å². The summed E-state index contributed by atoms with van der Waals surface area (Å²) in [5.74, 6) is 0.724. The van der Waals surface area contributed by atoms with Gasteiger partial charge in [-0.25, -0.2) is 4.98 Å². The van der Waals surface area contributed by atoms with Crippen LogP contribution in [0.15, 0.2) is 0 Å². The highest BCUT2D eigenvalue weighted by Crippen LogP contribution is 2.26. The summed E-state index contributed by atoms with van der Waals surface area (Å²) < 4.78 is 0. The molecule has 2 rings (SSSR count). The molecule has 1 aliphatic heterocycles. The van der Waals surface area contributed by atoms with E-state index in [-0.39, 0.29) is 5.91 Å². The van der Waals surface area contributed by atoms with E-state index in [1.54, 1.807) is 23.6 Å². The molecule has 0 unspecified atom stereocenters. The lowest BCUT2D eigenvalue weighted by Gasteiger charge is -2.29. The van der Waals surface area contributed by atoms with Crippen LogP contribution < -0.4 is 16.0 Å².